The van der Waals surface area contributed by atoms with Gasteiger partial charge in [-0.2, -0.15) is 0 Å². The molecule has 2 rings (SSSR count). The van der Waals surface area contributed by atoms with Crippen molar-refractivity contribution in [3.05, 3.63) is 53.9 Å². The zero-order valence-corrected chi connectivity index (χ0v) is 10.7. The molecule has 0 aliphatic carbocycles. The van der Waals surface area contributed by atoms with E-state index in [0.717, 1.165) is 9.79 Å². The molecule has 0 spiro atoms. The Hall–Kier alpha value is -2.01. The molecule has 18 heavy (non-hydrogen) atoms. The third-order valence-electron chi connectivity index (χ3n) is 2.36. The van der Waals surface area contributed by atoms with Crippen LogP contribution in [-0.4, -0.2) is 16.0 Å². The van der Waals surface area contributed by atoms with Gasteiger partial charge in [0.15, 0.2) is 5.84 Å². The van der Waals surface area contributed by atoms with Gasteiger partial charge in [-0.25, -0.2) is 0 Å². The largest absolute Gasteiger partial charge is 0.409 e. The van der Waals surface area contributed by atoms with E-state index in [9.17, 15) is 0 Å². The first-order valence-electron chi connectivity index (χ1n) is 5.37. The van der Waals surface area contributed by atoms with Gasteiger partial charge in [0, 0.05) is 16.0 Å². The van der Waals surface area contributed by atoms with Crippen LogP contribution in [0.5, 0.6) is 0 Å². The predicted octanol–water partition coefficient (Wildman–Crippen LogP) is 2.64. The number of amidine groups is 1. The minimum absolute atomic E-state index is 0.0151. The molecule has 0 aliphatic heterocycles. The Balaban J connectivity index is 2.22. The Morgan fingerprint density at radius 1 is 1.22 bits per heavy atom. The van der Waals surface area contributed by atoms with Crippen molar-refractivity contribution in [3.8, 4) is 0 Å². The van der Waals surface area contributed by atoms with Gasteiger partial charge in [0.1, 0.15) is 5.69 Å². The van der Waals surface area contributed by atoms with Crippen molar-refractivity contribution in [3.63, 3.8) is 0 Å². The van der Waals surface area contributed by atoms with Crippen LogP contribution in [0.4, 0.5) is 0 Å². The molecule has 3 N–H and O–H groups in total. The molecule has 1 aromatic heterocycles. The number of rotatable bonds is 3. The third-order valence-corrected chi connectivity index (χ3v) is 3.36. The summed E-state index contributed by atoms with van der Waals surface area (Å²) in [5.74, 6) is 0.0151. The summed E-state index contributed by atoms with van der Waals surface area (Å²) in [7, 11) is 0. The highest BCUT2D eigenvalue weighted by Gasteiger charge is 2.03. The highest BCUT2D eigenvalue weighted by Crippen LogP contribution is 2.27. The Morgan fingerprint density at radius 2 is 1.94 bits per heavy atom. The number of aromatic nitrogens is 1. The molecule has 2 aromatic rings. The fourth-order valence-electron chi connectivity index (χ4n) is 1.41. The zero-order chi connectivity index (χ0) is 13.0. The van der Waals surface area contributed by atoms with Gasteiger partial charge in [-0.3, -0.25) is 4.98 Å². The third kappa shape index (κ3) is 3.01. The summed E-state index contributed by atoms with van der Waals surface area (Å²) in [6, 6.07) is 11.9. The second-order valence-corrected chi connectivity index (χ2v) is 4.92. The van der Waals surface area contributed by atoms with Gasteiger partial charge in [0.05, 0.1) is 0 Å². The second kappa shape index (κ2) is 5.55. The van der Waals surface area contributed by atoms with Gasteiger partial charge in [-0.15, -0.1) is 0 Å². The van der Waals surface area contributed by atoms with E-state index in [-0.39, 0.29) is 5.84 Å². The molecule has 0 unspecified atom stereocenters. The minimum atomic E-state index is 0.0151. The number of oxime groups is 1. The summed E-state index contributed by atoms with van der Waals surface area (Å²) in [5, 5.41) is 11.6. The Kier molecular flexibility index (Phi) is 3.84. The first-order valence-corrected chi connectivity index (χ1v) is 6.19. The summed E-state index contributed by atoms with van der Waals surface area (Å²) < 4.78 is 0. The number of pyridine rings is 1. The van der Waals surface area contributed by atoms with Gasteiger partial charge in [0.2, 0.25) is 0 Å². The summed E-state index contributed by atoms with van der Waals surface area (Å²) in [6.45, 7) is 2.05. The van der Waals surface area contributed by atoms with E-state index < -0.39 is 0 Å². The SMILES string of the molecule is Cc1ccc(Sc2ccnc(C(N)=NO)c2)cc1. The lowest BCUT2D eigenvalue weighted by atomic mass is 10.2. The lowest BCUT2D eigenvalue weighted by molar-refractivity contribution is 0.318. The van der Waals surface area contributed by atoms with Crippen molar-refractivity contribution in [2.45, 2.75) is 16.7 Å². The molecule has 0 saturated carbocycles. The quantitative estimate of drug-likeness (QED) is 0.385. The van der Waals surface area contributed by atoms with Crippen molar-refractivity contribution in [1.29, 1.82) is 0 Å². The predicted molar refractivity (Wildman–Crippen MR) is 72.0 cm³/mol. The first kappa shape index (κ1) is 12.4. The van der Waals surface area contributed by atoms with Crippen molar-refractivity contribution in [2.24, 2.45) is 10.9 Å². The van der Waals surface area contributed by atoms with E-state index in [1.165, 1.54) is 5.56 Å². The van der Waals surface area contributed by atoms with E-state index in [4.69, 9.17) is 10.9 Å². The van der Waals surface area contributed by atoms with Crippen LogP contribution in [0.2, 0.25) is 0 Å². The smallest absolute Gasteiger partial charge is 0.188 e. The van der Waals surface area contributed by atoms with Gasteiger partial charge < -0.3 is 10.9 Å². The fraction of sp³-hybridized carbons (Fsp3) is 0.0769. The van der Waals surface area contributed by atoms with Crippen molar-refractivity contribution >= 4 is 17.6 Å². The van der Waals surface area contributed by atoms with Gasteiger partial charge >= 0.3 is 0 Å². The summed E-state index contributed by atoms with van der Waals surface area (Å²) in [4.78, 5) is 6.17. The van der Waals surface area contributed by atoms with Crippen molar-refractivity contribution in [1.82, 2.24) is 4.98 Å². The van der Waals surface area contributed by atoms with Crippen molar-refractivity contribution < 1.29 is 5.21 Å². The van der Waals surface area contributed by atoms with E-state index in [2.05, 4.69) is 41.3 Å². The Labute approximate surface area is 110 Å². The maximum atomic E-state index is 8.62. The maximum Gasteiger partial charge on any atom is 0.188 e. The van der Waals surface area contributed by atoms with Crippen LogP contribution in [-0.2, 0) is 0 Å². The van der Waals surface area contributed by atoms with Crippen LogP contribution in [0.25, 0.3) is 0 Å². The molecule has 0 atom stereocenters. The molecule has 0 radical (unpaired) electrons. The molecule has 5 heteroatoms. The number of nitrogens with two attached hydrogens (primary N) is 1. The maximum absolute atomic E-state index is 8.62. The molecular formula is C13H13N3OS. The second-order valence-electron chi connectivity index (χ2n) is 3.78. The van der Waals surface area contributed by atoms with E-state index in [1.807, 2.05) is 6.07 Å². The molecule has 0 saturated heterocycles. The molecule has 0 fully saturated rings. The van der Waals surface area contributed by atoms with Crippen LogP contribution in [0.1, 0.15) is 11.3 Å². The summed E-state index contributed by atoms with van der Waals surface area (Å²) in [6.07, 6.45) is 1.64. The highest BCUT2D eigenvalue weighted by molar-refractivity contribution is 7.99. The lowest BCUT2D eigenvalue weighted by Gasteiger charge is -2.04. The number of hydrogen-bond donors (Lipinski definition) is 2. The average molecular weight is 259 g/mol. The number of benzene rings is 1. The average Bonchev–Trinajstić information content (AvgIpc) is 2.41. The van der Waals surface area contributed by atoms with Gasteiger partial charge in [-0.05, 0) is 31.2 Å². The first-order chi connectivity index (χ1) is 8.69. The van der Waals surface area contributed by atoms with E-state index in [0.29, 0.717) is 5.69 Å². The molecular weight excluding hydrogens is 246 g/mol. The monoisotopic (exact) mass is 259 g/mol. The molecule has 92 valence electrons. The highest BCUT2D eigenvalue weighted by atomic mass is 32.2. The molecule has 1 aromatic carbocycles. The standard InChI is InChI=1S/C13H13N3OS/c1-9-2-4-10(5-3-9)18-11-6-7-15-12(8-11)13(14)16-17/h2-8,17H,1H3,(H2,14,16). The summed E-state index contributed by atoms with van der Waals surface area (Å²) in [5.41, 5.74) is 7.20. The van der Waals surface area contributed by atoms with Crippen LogP contribution in [0, 0.1) is 6.92 Å². The lowest BCUT2D eigenvalue weighted by Crippen LogP contribution is -2.14. The molecule has 4 nitrogen and oxygen atoms in total. The fourth-order valence-corrected chi connectivity index (χ4v) is 2.25. The zero-order valence-electron chi connectivity index (χ0n) is 9.87. The Bertz CT molecular complexity index is 567. The van der Waals surface area contributed by atoms with E-state index >= 15 is 0 Å². The van der Waals surface area contributed by atoms with Gasteiger partial charge in [-0.1, -0.05) is 34.6 Å². The van der Waals surface area contributed by atoms with Crippen LogP contribution >= 0.6 is 11.8 Å². The molecule has 1 heterocycles. The molecule has 0 bridgehead atoms. The summed E-state index contributed by atoms with van der Waals surface area (Å²) >= 11 is 1.61. The van der Waals surface area contributed by atoms with Crippen LogP contribution in [0.15, 0.2) is 57.5 Å². The number of aryl methyl sites for hydroxylation is 1. The van der Waals surface area contributed by atoms with Crippen LogP contribution in [0.3, 0.4) is 0 Å². The van der Waals surface area contributed by atoms with Crippen molar-refractivity contribution in [2.75, 3.05) is 0 Å². The van der Waals surface area contributed by atoms with E-state index in [1.54, 1.807) is 24.0 Å². The normalized spacial score (nSPS) is 11.5. The Morgan fingerprint density at radius 3 is 2.61 bits per heavy atom. The topological polar surface area (TPSA) is 71.5 Å². The molecule has 0 amide bonds. The molecule has 0 aliphatic rings. The van der Waals surface area contributed by atoms with Gasteiger partial charge in [0.25, 0.3) is 0 Å². The minimum Gasteiger partial charge on any atom is -0.409 e. The number of nitrogens with zero attached hydrogens (tertiary/aromatic N) is 2. The van der Waals surface area contributed by atoms with Crippen LogP contribution < -0.4 is 5.73 Å². The number of hydrogen-bond acceptors (Lipinski definition) is 4.